The van der Waals surface area contributed by atoms with E-state index in [-0.39, 0.29) is 31.6 Å². The van der Waals surface area contributed by atoms with E-state index in [1.54, 1.807) is 4.90 Å². The molecule has 38 heavy (non-hydrogen) atoms. The second-order valence-corrected chi connectivity index (χ2v) is 11.2. The fourth-order valence-electron chi connectivity index (χ4n) is 3.58. The minimum absolute atomic E-state index is 0.108. The van der Waals surface area contributed by atoms with Crippen molar-refractivity contribution in [3.05, 3.63) is 0 Å². The van der Waals surface area contributed by atoms with Gasteiger partial charge in [-0.3, -0.25) is 29.1 Å². The molecule has 1 aliphatic rings. The predicted molar refractivity (Wildman–Crippen MR) is 141 cm³/mol. The Morgan fingerprint density at radius 1 is 0.579 bits per heavy atom. The number of carboxylic acid groups (broad SMARTS) is 1. The Labute approximate surface area is 227 Å². The number of hydrogen-bond acceptors (Lipinski definition) is 11. The molecule has 222 valence electrons. The van der Waals surface area contributed by atoms with Crippen molar-refractivity contribution >= 4 is 17.9 Å². The number of aliphatic carboxylic acids is 1. The second-order valence-electron chi connectivity index (χ2n) is 11.2. The molecule has 0 amide bonds. The number of carbonyl (C=O) groups is 3. The number of nitrogens with zero attached hydrogens (tertiary/aromatic N) is 3. The molecule has 1 heterocycles. The normalized spacial score (nSPS) is 19.7. The van der Waals surface area contributed by atoms with Crippen LogP contribution in [0.3, 0.4) is 0 Å². The molecule has 12 heteroatoms. The third-order valence-electron chi connectivity index (χ3n) is 5.22. The van der Waals surface area contributed by atoms with Crippen LogP contribution in [0.15, 0.2) is 0 Å². The molecule has 1 saturated heterocycles. The Hall–Kier alpha value is -1.83. The van der Waals surface area contributed by atoms with Gasteiger partial charge in [-0.15, -0.1) is 0 Å². The van der Waals surface area contributed by atoms with E-state index < -0.39 is 17.2 Å². The van der Waals surface area contributed by atoms with E-state index >= 15 is 0 Å². The third kappa shape index (κ3) is 19.3. The summed E-state index contributed by atoms with van der Waals surface area (Å²) >= 11 is 0. The van der Waals surface area contributed by atoms with E-state index in [2.05, 4.69) is 0 Å². The van der Waals surface area contributed by atoms with Gasteiger partial charge in [-0.25, -0.2) is 0 Å². The van der Waals surface area contributed by atoms with Crippen LogP contribution in [-0.2, 0) is 38.1 Å². The van der Waals surface area contributed by atoms with Crippen molar-refractivity contribution in [1.29, 1.82) is 0 Å². The number of esters is 2. The Kier molecular flexibility index (Phi) is 15.9. The highest BCUT2D eigenvalue weighted by Crippen LogP contribution is 2.09. The average Bonchev–Trinajstić information content (AvgIpc) is 2.74. The molecule has 0 aromatic heterocycles. The molecule has 0 aliphatic carbocycles. The Balaban J connectivity index is 2.78. The molecular formula is C26H49N3O9. The summed E-state index contributed by atoms with van der Waals surface area (Å²) in [6.45, 7) is 16.2. The lowest BCUT2D eigenvalue weighted by molar-refractivity contribution is -0.157. The summed E-state index contributed by atoms with van der Waals surface area (Å²) in [5, 5.41) is 9.23. The van der Waals surface area contributed by atoms with Crippen molar-refractivity contribution in [2.75, 3.05) is 98.5 Å². The van der Waals surface area contributed by atoms with Crippen LogP contribution in [0.5, 0.6) is 0 Å². The van der Waals surface area contributed by atoms with Crippen molar-refractivity contribution in [3.63, 3.8) is 0 Å². The van der Waals surface area contributed by atoms with Gasteiger partial charge >= 0.3 is 17.9 Å². The SMILES string of the molecule is CC(C)(C)OC(=O)CN1CCOCCN(CC(=O)O)CCOCCN(CC(=O)OC(C)(C)C)CCOCC1. The Morgan fingerprint density at radius 3 is 1.08 bits per heavy atom. The summed E-state index contributed by atoms with van der Waals surface area (Å²) in [4.78, 5) is 41.6. The smallest absolute Gasteiger partial charge is 0.320 e. The monoisotopic (exact) mass is 547 g/mol. The van der Waals surface area contributed by atoms with Crippen molar-refractivity contribution in [2.45, 2.75) is 52.7 Å². The third-order valence-corrected chi connectivity index (χ3v) is 5.22. The van der Waals surface area contributed by atoms with Gasteiger partial charge in [0.2, 0.25) is 0 Å². The van der Waals surface area contributed by atoms with Gasteiger partial charge in [0.15, 0.2) is 0 Å². The van der Waals surface area contributed by atoms with E-state index in [9.17, 15) is 19.5 Å². The number of carbonyl (C=O) groups excluding carboxylic acids is 2. The molecule has 0 atom stereocenters. The first kappa shape index (κ1) is 34.2. The highest BCUT2D eigenvalue weighted by atomic mass is 16.6. The van der Waals surface area contributed by atoms with Gasteiger partial charge in [0.05, 0.1) is 59.3 Å². The molecule has 0 radical (unpaired) electrons. The average molecular weight is 548 g/mol. The predicted octanol–water partition coefficient (Wildman–Crippen LogP) is 0.724. The van der Waals surface area contributed by atoms with Crippen molar-refractivity contribution in [2.24, 2.45) is 0 Å². The Morgan fingerprint density at radius 2 is 0.842 bits per heavy atom. The molecule has 1 N–H and O–H groups in total. The summed E-state index contributed by atoms with van der Waals surface area (Å²) in [7, 11) is 0. The summed E-state index contributed by atoms with van der Waals surface area (Å²) < 4.78 is 28.2. The zero-order chi connectivity index (χ0) is 28.6. The van der Waals surface area contributed by atoms with E-state index in [1.165, 1.54) is 0 Å². The van der Waals surface area contributed by atoms with Gasteiger partial charge in [-0.05, 0) is 41.5 Å². The molecule has 0 bridgehead atoms. The van der Waals surface area contributed by atoms with Crippen molar-refractivity contribution in [1.82, 2.24) is 14.7 Å². The van der Waals surface area contributed by atoms with Crippen LogP contribution in [0.1, 0.15) is 41.5 Å². The van der Waals surface area contributed by atoms with Gasteiger partial charge in [0, 0.05) is 39.3 Å². The fourth-order valence-corrected chi connectivity index (χ4v) is 3.58. The topological polar surface area (TPSA) is 127 Å². The maximum absolute atomic E-state index is 12.4. The highest BCUT2D eigenvalue weighted by Gasteiger charge is 2.21. The molecule has 0 aromatic rings. The molecule has 12 nitrogen and oxygen atoms in total. The van der Waals surface area contributed by atoms with Crippen LogP contribution < -0.4 is 0 Å². The number of carboxylic acids is 1. The first-order valence-electron chi connectivity index (χ1n) is 13.3. The van der Waals surface area contributed by atoms with Crippen LogP contribution in [-0.4, -0.2) is 147 Å². The lowest BCUT2D eigenvalue weighted by Crippen LogP contribution is -2.41. The van der Waals surface area contributed by atoms with E-state index in [0.29, 0.717) is 78.9 Å². The molecule has 1 fully saturated rings. The maximum Gasteiger partial charge on any atom is 0.320 e. The number of ether oxygens (including phenoxy) is 5. The lowest BCUT2D eigenvalue weighted by Gasteiger charge is -2.26. The minimum atomic E-state index is -0.917. The number of hydrogen-bond donors (Lipinski definition) is 1. The van der Waals surface area contributed by atoms with Gasteiger partial charge in [-0.2, -0.15) is 0 Å². The maximum atomic E-state index is 12.4. The molecule has 0 unspecified atom stereocenters. The lowest BCUT2D eigenvalue weighted by atomic mass is 10.2. The van der Waals surface area contributed by atoms with Crippen LogP contribution in [0, 0.1) is 0 Å². The van der Waals surface area contributed by atoms with Crippen molar-refractivity contribution in [3.8, 4) is 0 Å². The molecular weight excluding hydrogens is 498 g/mol. The zero-order valence-electron chi connectivity index (χ0n) is 24.2. The molecule has 0 saturated carbocycles. The first-order valence-corrected chi connectivity index (χ1v) is 13.3. The highest BCUT2D eigenvalue weighted by molar-refractivity contribution is 5.72. The van der Waals surface area contributed by atoms with E-state index in [0.717, 1.165) is 0 Å². The summed E-state index contributed by atoms with van der Waals surface area (Å²) in [6.07, 6.45) is 0. The van der Waals surface area contributed by atoms with Gasteiger partial charge in [0.25, 0.3) is 0 Å². The van der Waals surface area contributed by atoms with E-state index in [4.69, 9.17) is 23.7 Å². The summed E-state index contributed by atoms with van der Waals surface area (Å²) in [5.74, 6) is -1.56. The first-order chi connectivity index (χ1) is 17.7. The molecule has 0 spiro atoms. The quantitative estimate of drug-likeness (QED) is 0.471. The fraction of sp³-hybridized carbons (Fsp3) is 0.885. The summed E-state index contributed by atoms with van der Waals surface area (Å²) in [6, 6.07) is 0. The minimum Gasteiger partial charge on any atom is -0.480 e. The standard InChI is InChI=1S/C26H49N3O9/c1-25(2,3)37-23(32)20-28-9-15-34-13-7-27(19-22(30)31)8-14-35-16-10-29(12-18-36-17-11-28)21-24(33)38-26(4,5)6/h7-21H2,1-6H3,(H,30,31). The van der Waals surface area contributed by atoms with Crippen LogP contribution in [0.4, 0.5) is 0 Å². The van der Waals surface area contributed by atoms with Crippen LogP contribution >= 0.6 is 0 Å². The van der Waals surface area contributed by atoms with Crippen molar-refractivity contribution < 1.29 is 43.2 Å². The van der Waals surface area contributed by atoms with Gasteiger partial charge < -0.3 is 28.8 Å². The molecule has 1 rings (SSSR count). The van der Waals surface area contributed by atoms with E-state index in [1.807, 2.05) is 51.3 Å². The van der Waals surface area contributed by atoms with Crippen LogP contribution in [0.25, 0.3) is 0 Å². The van der Waals surface area contributed by atoms with Gasteiger partial charge in [-0.1, -0.05) is 0 Å². The Bertz CT molecular complexity index is 657. The molecule has 1 aliphatic heterocycles. The largest absolute Gasteiger partial charge is 0.480 e. The zero-order valence-corrected chi connectivity index (χ0v) is 24.2. The van der Waals surface area contributed by atoms with Gasteiger partial charge in [0.1, 0.15) is 11.2 Å². The number of rotatable bonds is 6. The second kappa shape index (κ2) is 17.7. The molecule has 0 aromatic carbocycles. The summed E-state index contributed by atoms with van der Waals surface area (Å²) in [5.41, 5.74) is -1.15. The van der Waals surface area contributed by atoms with Crippen LogP contribution in [0.2, 0.25) is 0 Å².